The van der Waals surface area contributed by atoms with Crippen LogP contribution < -0.4 is 10.6 Å². The van der Waals surface area contributed by atoms with Crippen molar-refractivity contribution in [2.45, 2.75) is 58.3 Å². The van der Waals surface area contributed by atoms with Crippen LogP contribution in [-0.4, -0.2) is 41.6 Å². The Morgan fingerprint density at radius 1 is 0.929 bits per heavy atom. The van der Waals surface area contributed by atoms with Gasteiger partial charge in [-0.3, -0.25) is 9.59 Å². The lowest BCUT2D eigenvalue weighted by atomic mass is 10.1. The molecule has 0 bridgehead atoms. The molecule has 0 spiro atoms. The van der Waals surface area contributed by atoms with Gasteiger partial charge in [0.2, 0.25) is 0 Å². The van der Waals surface area contributed by atoms with E-state index in [0.29, 0.717) is 12.3 Å². The topological polar surface area (TPSA) is 78.4 Å². The molecular weight excluding hydrogens is 392 g/mol. The third kappa shape index (κ3) is 12.2. The Balaban J connectivity index is 2.03. The fraction of sp³-hybridized carbons (Fsp3) is 0.619. The molecule has 0 aliphatic rings. The molecule has 7 heteroatoms. The Kier molecular flexibility index (Phi) is 14.6. The summed E-state index contributed by atoms with van der Waals surface area (Å²) in [7, 11) is 3.44. The van der Waals surface area contributed by atoms with E-state index in [0.717, 1.165) is 36.4 Å². The summed E-state index contributed by atoms with van der Waals surface area (Å²) in [6.07, 6.45) is 8.39. The van der Waals surface area contributed by atoms with Crippen LogP contribution in [0.15, 0.2) is 24.3 Å². The van der Waals surface area contributed by atoms with Gasteiger partial charge in [0.25, 0.3) is 5.91 Å². The number of hydrogen-bond donors (Lipinski definition) is 3. The summed E-state index contributed by atoms with van der Waals surface area (Å²) >= 11 is 0. The molecule has 28 heavy (non-hydrogen) atoms. The predicted molar refractivity (Wildman–Crippen MR) is 122 cm³/mol. The minimum Gasteiger partial charge on any atom is -0.481 e. The Labute approximate surface area is 177 Å². The first-order valence-electron chi connectivity index (χ1n) is 10.2. The fourth-order valence-corrected chi connectivity index (χ4v) is 4.76. The average molecular weight is 427 g/mol. The lowest BCUT2D eigenvalue weighted by Crippen LogP contribution is -2.25. The molecule has 0 saturated heterocycles. The van der Waals surface area contributed by atoms with Crippen LogP contribution in [0.1, 0.15) is 68.6 Å². The normalized spacial score (nSPS) is 10.6. The highest BCUT2D eigenvalue weighted by Crippen LogP contribution is 2.23. The van der Waals surface area contributed by atoms with E-state index < -0.39 is 5.97 Å². The zero-order chi connectivity index (χ0) is 20.5. The average Bonchev–Trinajstić information content (AvgIpc) is 2.69. The molecule has 1 rings (SSSR count). The van der Waals surface area contributed by atoms with Crippen LogP contribution in [-0.2, 0) is 4.79 Å². The molecule has 0 aliphatic heterocycles. The summed E-state index contributed by atoms with van der Waals surface area (Å²) in [5.74, 6) is 1.06. The number of benzene rings is 1. The summed E-state index contributed by atoms with van der Waals surface area (Å²) in [5.41, 5.74) is 1.63. The van der Waals surface area contributed by atoms with E-state index in [9.17, 15) is 9.59 Å². The van der Waals surface area contributed by atoms with Gasteiger partial charge in [-0.2, -0.15) is 0 Å². The van der Waals surface area contributed by atoms with E-state index in [4.69, 9.17) is 5.11 Å². The van der Waals surface area contributed by atoms with Crippen molar-refractivity contribution in [3.8, 4) is 0 Å². The van der Waals surface area contributed by atoms with Crippen molar-refractivity contribution in [1.82, 2.24) is 5.32 Å². The molecule has 1 amide bonds. The maximum absolute atomic E-state index is 12.2. The highest BCUT2D eigenvalue weighted by Gasteiger charge is 2.09. The zero-order valence-corrected chi connectivity index (χ0v) is 18.5. The molecule has 3 N–H and O–H groups in total. The van der Waals surface area contributed by atoms with Gasteiger partial charge in [0.15, 0.2) is 0 Å². The number of para-hydroxylation sites is 1. The molecule has 1 aromatic carbocycles. The first-order chi connectivity index (χ1) is 13.6. The predicted octanol–water partition coefficient (Wildman–Crippen LogP) is 5.44. The lowest BCUT2D eigenvalue weighted by molar-refractivity contribution is -0.136. The fourth-order valence-electron chi connectivity index (χ4n) is 2.63. The van der Waals surface area contributed by atoms with Gasteiger partial charge >= 0.3 is 5.97 Å². The molecule has 0 radical (unpaired) electrons. The summed E-state index contributed by atoms with van der Waals surface area (Å²) in [4.78, 5) is 22.6. The summed E-state index contributed by atoms with van der Waals surface area (Å²) in [5, 5.41) is 14.9. The second kappa shape index (κ2) is 16.6. The van der Waals surface area contributed by atoms with Crippen LogP contribution in [0.3, 0.4) is 0 Å². The quantitative estimate of drug-likeness (QED) is 0.228. The number of aliphatic carboxylic acids is 1. The van der Waals surface area contributed by atoms with Gasteiger partial charge in [-0.1, -0.05) is 66.3 Å². The zero-order valence-electron chi connectivity index (χ0n) is 16.9. The smallest absolute Gasteiger partial charge is 0.304 e. The molecule has 1 aromatic rings. The van der Waals surface area contributed by atoms with Gasteiger partial charge in [-0.05, 0) is 31.4 Å². The first kappa shape index (κ1) is 24.7. The molecule has 0 heterocycles. The molecule has 0 unspecified atom stereocenters. The number of carboxylic acids is 1. The van der Waals surface area contributed by atoms with Crippen molar-refractivity contribution in [2.75, 3.05) is 29.9 Å². The molecule has 0 aromatic heterocycles. The van der Waals surface area contributed by atoms with Crippen LogP contribution in [0.4, 0.5) is 5.69 Å². The summed E-state index contributed by atoms with van der Waals surface area (Å²) < 4.78 is 0. The molecule has 158 valence electrons. The van der Waals surface area contributed by atoms with Gasteiger partial charge in [0, 0.05) is 30.3 Å². The molecule has 0 atom stereocenters. The van der Waals surface area contributed by atoms with Crippen LogP contribution >= 0.6 is 21.6 Å². The Bertz CT molecular complexity index is 570. The third-order valence-corrected chi connectivity index (χ3v) is 6.65. The standard InChI is InChI=1S/C21H34N2O3S2/c1-2-14-23-21(26)18-11-7-8-12-19(18)22-15-9-5-3-4-6-10-16-27-28-17-13-20(24)25/h7-8,11-12,22H,2-6,9-10,13-17H2,1H3,(H,23,26)(H,24,25). The number of amides is 1. The van der Waals surface area contributed by atoms with Crippen molar-refractivity contribution in [3.05, 3.63) is 29.8 Å². The summed E-state index contributed by atoms with van der Waals surface area (Å²) in [6.45, 7) is 3.63. The minimum atomic E-state index is -0.717. The van der Waals surface area contributed by atoms with E-state index >= 15 is 0 Å². The van der Waals surface area contributed by atoms with Crippen LogP contribution in [0.2, 0.25) is 0 Å². The van der Waals surface area contributed by atoms with Crippen LogP contribution in [0.5, 0.6) is 0 Å². The van der Waals surface area contributed by atoms with Crippen LogP contribution in [0, 0.1) is 0 Å². The maximum atomic E-state index is 12.2. The number of carbonyl (C=O) groups is 2. The monoisotopic (exact) mass is 426 g/mol. The number of anilines is 1. The van der Waals surface area contributed by atoms with Gasteiger partial charge < -0.3 is 15.7 Å². The number of carbonyl (C=O) groups excluding carboxylic acids is 1. The van der Waals surface area contributed by atoms with Crippen LogP contribution in [0.25, 0.3) is 0 Å². The second-order valence-corrected chi connectivity index (χ2v) is 9.34. The number of unbranched alkanes of at least 4 members (excludes halogenated alkanes) is 5. The number of rotatable bonds is 17. The Morgan fingerprint density at radius 2 is 1.61 bits per heavy atom. The largest absolute Gasteiger partial charge is 0.481 e. The second-order valence-electron chi connectivity index (χ2n) is 6.64. The summed E-state index contributed by atoms with van der Waals surface area (Å²) in [6, 6.07) is 7.68. The van der Waals surface area contributed by atoms with E-state index in [2.05, 4.69) is 10.6 Å². The molecule has 0 fully saturated rings. The number of nitrogens with one attached hydrogen (secondary N) is 2. The highest BCUT2D eigenvalue weighted by atomic mass is 33.1. The van der Waals surface area contributed by atoms with E-state index in [1.165, 1.54) is 32.1 Å². The number of hydrogen-bond acceptors (Lipinski definition) is 5. The minimum absolute atomic E-state index is 0.0102. The van der Waals surface area contributed by atoms with E-state index in [-0.39, 0.29) is 12.3 Å². The number of carboxylic acid groups (broad SMARTS) is 1. The third-order valence-electron chi connectivity index (χ3n) is 4.16. The molecule has 5 nitrogen and oxygen atoms in total. The van der Waals surface area contributed by atoms with E-state index in [1.807, 2.05) is 31.2 Å². The molecular formula is C21H34N2O3S2. The van der Waals surface area contributed by atoms with Crippen molar-refractivity contribution in [1.29, 1.82) is 0 Å². The first-order valence-corrected chi connectivity index (χ1v) is 12.7. The van der Waals surface area contributed by atoms with Gasteiger partial charge in [-0.25, -0.2) is 0 Å². The van der Waals surface area contributed by atoms with Crippen molar-refractivity contribution in [3.63, 3.8) is 0 Å². The lowest BCUT2D eigenvalue weighted by Gasteiger charge is -2.12. The molecule has 0 saturated carbocycles. The van der Waals surface area contributed by atoms with Gasteiger partial charge in [0.05, 0.1) is 12.0 Å². The van der Waals surface area contributed by atoms with Crippen molar-refractivity contribution >= 4 is 39.2 Å². The van der Waals surface area contributed by atoms with Crippen molar-refractivity contribution in [2.24, 2.45) is 0 Å². The van der Waals surface area contributed by atoms with Gasteiger partial charge in [-0.15, -0.1) is 0 Å². The van der Waals surface area contributed by atoms with Gasteiger partial charge in [0.1, 0.15) is 0 Å². The highest BCUT2D eigenvalue weighted by molar-refractivity contribution is 8.76. The Hall–Kier alpha value is -1.34. The SMILES string of the molecule is CCCNC(=O)c1ccccc1NCCCCCCCCSSCCC(=O)O. The molecule has 0 aliphatic carbocycles. The Morgan fingerprint density at radius 3 is 2.36 bits per heavy atom. The van der Waals surface area contributed by atoms with Crippen molar-refractivity contribution < 1.29 is 14.7 Å². The maximum Gasteiger partial charge on any atom is 0.304 e. The van der Waals surface area contributed by atoms with E-state index in [1.54, 1.807) is 21.6 Å².